The van der Waals surface area contributed by atoms with Gasteiger partial charge < -0.3 is 15.2 Å². The molecule has 1 aromatic carbocycles. The van der Waals surface area contributed by atoms with Crippen LogP contribution in [0.5, 0.6) is 5.75 Å². The highest BCUT2D eigenvalue weighted by Gasteiger charge is 2.33. The molecule has 0 atom stereocenters. The Balaban J connectivity index is 2.02. The average Bonchev–Trinajstić information content (AvgIpc) is 3.06. The van der Waals surface area contributed by atoms with Crippen molar-refractivity contribution in [2.75, 3.05) is 12.8 Å². The van der Waals surface area contributed by atoms with Crippen molar-refractivity contribution >= 4 is 22.8 Å². The number of methoxy groups -OCH3 is 1. The van der Waals surface area contributed by atoms with E-state index < -0.39 is 18.1 Å². The van der Waals surface area contributed by atoms with Crippen LogP contribution in [0.3, 0.4) is 0 Å². The number of nitrogen functional groups attached to an aromatic ring is 1. The normalized spacial score (nSPS) is 11.6. The zero-order valence-electron chi connectivity index (χ0n) is 14.1. The van der Waals surface area contributed by atoms with E-state index in [4.69, 9.17) is 5.73 Å². The molecule has 27 heavy (non-hydrogen) atoms. The Kier molecular flexibility index (Phi) is 4.60. The zero-order valence-corrected chi connectivity index (χ0v) is 14.1. The molecule has 0 fully saturated rings. The highest BCUT2D eigenvalue weighted by molar-refractivity contribution is 5.92. The molecule has 0 aliphatic heterocycles. The van der Waals surface area contributed by atoms with Crippen LogP contribution in [-0.2, 0) is 11.2 Å². The van der Waals surface area contributed by atoms with Crippen molar-refractivity contribution in [1.29, 1.82) is 0 Å². The second kappa shape index (κ2) is 6.74. The van der Waals surface area contributed by atoms with E-state index in [-0.39, 0.29) is 28.8 Å². The molecule has 2 aromatic heterocycles. The first-order chi connectivity index (χ1) is 12.7. The van der Waals surface area contributed by atoms with E-state index in [0.717, 1.165) is 13.2 Å². The average molecular weight is 382 g/mol. The number of rotatable bonds is 4. The van der Waals surface area contributed by atoms with E-state index in [0.29, 0.717) is 16.8 Å². The first kappa shape index (κ1) is 18.4. The third kappa shape index (κ3) is 3.76. The number of hydrogen-bond acceptors (Lipinski definition) is 8. The number of nitrogens with two attached hydrogens (primary N) is 1. The Labute approximate surface area is 150 Å². The number of halogens is 3. The van der Waals surface area contributed by atoms with Crippen LogP contribution in [-0.4, -0.2) is 34.7 Å². The second-order valence-electron chi connectivity index (χ2n) is 5.57. The van der Waals surface area contributed by atoms with Gasteiger partial charge in [0.05, 0.1) is 12.8 Å². The smallest absolute Gasteiger partial charge is 0.465 e. The summed E-state index contributed by atoms with van der Waals surface area (Å²) >= 11 is 0. The van der Waals surface area contributed by atoms with Crippen LogP contribution < -0.4 is 10.5 Å². The molecule has 0 aliphatic rings. The van der Waals surface area contributed by atoms with Crippen LogP contribution >= 0.6 is 0 Å². The van der Waals surface area contributed by atoms with E-state index in [9.17, 15) is 18.0 Å². The Hall–Kier alpha value is -3.37. The van der Waals surface area contributed by atoms with E-state index in [1.807, 2.05) is 0 Å². The van der Waals surface area contributed by atoms with Crippen molar-refractivity contribution in [3.05, 3.63) is 40.6 Å². The van der Waals surface area contributed by atoms with Crippen LogP contribution in [0.4, 0.5) is 18.9 Å². The summed E-state index contributed by atoms with van der Waals surface area (Å²) in [4.78, 5) is 16.1. The summed E-state index contributed by atoms with van der Waals surface area (Å²) in [7, 11) is 1.06. The Morgan fingerprint density at radius 3 is 2.70 bits per heavy atom. The van der Waals surface area contributed by atoms with Gasteiger partial charge in [-0.2, -0.15) is 0 Å². The number of aromatic nitrogens is 3. The van der Waals surface area contributed by atoms with Crippen LogP contribution in [0, 0.1) is 6.92 Å². The number of alkyl halides is 3. The van der Waals surface area contributed by atoms with Crippen LogP contribution in [0.15, 0.2) is 22.8 Å². The second-order valence-corrected chi connectivity index (χ2v) is 5.57. The van der Waals surface area contributed by atoms with Crippen molar-refractivity contribution in [2.24, 2.45) is 0 Å². The summed E-state index contributed by atoms with van der Waals surface area (Å²) < 4.78 is 50.6. The highest BCUT2D eigenvalue weighted by Crippen LogP contribution is 2.30. The van der Waals surface area contributed by atoms with Crippen LogP contribution in [0.2, 0.25) is 0 Å². The molecule has 0 saturated heterocycles. The predicted molar refractivity (Wildman–Crippen MR) is 86.0 cm³/mol. The summed E-state index contributed by atoms with van der Waals surface area (Å²) in [6.45, 7) is 1.70. The van der Waals surface area contributed by atoms with Gasteiger partial charge in [0.2, 0.25) is 5.65 Å². The minimum Gasteiger partial charge on any atom is -0.465 e. The molecule has 2 heterocycles. The third-order valence-electron chi connectivity index (χ3n) is 3.82. The standard InChI is InChI=1S/C16H13F3N4O4/c1-7-9(12(20)13-14(21-7)23-27-22-13)5-8-3-4-11(26-16(17,18)19)10(6-8)15(24)25-2/h3-4,6H,5,20H2,1-2H3. The molecule has 0 bridgehead atoms. The van der Waals surface area contributed by atoms with E-state index in [1.165, 1.54) is 12.1 Å². The lowest BCUT2D eigenvalue weighted by molar-refractivity contribution is -0.274. The maximum atomic E-state index is 12.5. The van der Waals surface area contributed by atoms with Crippen molar-refractivity contribution in [1.82, 2.24) is 15.3 Å². The summed E-state index contributed by atoms with van der Waals surface area (Å²) in [5.74, 6) is -1.62. The number of pyridine rings is 1. The number of ether oxygens (including phenoxy) is 2. The zero-order chi connectivity index (χ0) is 19.8. The highest BCUT2D eigenvalue weighted by atomic mass is 19.4. The van der Waals surface area contributed by atoms with Crippen LogP contribution in [0.1, 0.15) is 27.2 Å². The van der Waals surface area contributed by atoms with Crippen molar-refractivity contribution in [3.8, 4) is 5.75 Å². The van der Waals surface area contributed by atoms with Gasteiger partial charge in [0.25, 0.3) is 0 Å². The lowest BCUT2D eigenvalue weighted by Gasteiger charge is -2.14. The van der Waals surface area contributed by atoms with Gasteiger partial charge in [0, 0.05) is 17.7 Å². The van der Waals surface area contributed by atoms with E-state index in [2.05, 4.69) is 29.4 Å². The third-order valence-corrected chi connectivity index (χ3v) is 3.82. The van der Waals surface area contributed by atoms with Crippen molar-refractivity contribution in [3.63, 3.8) is 0 Å². The predicted octanol–water partition coefficient (Wildman–Crippen LogP) is 2.78. The van der Waals surface area contributed by atoms with Gasteiger partial charge in [-0.05, 0) is 34.9 Å². The van der Waals surface area contributed by atoms with Crippen molar-refractivity contribution < 1.29 is 32.1 Å². The molecule has 8 nitrogen and oxygen atoms in total. The molecule has 0 amide bonds. The SMILES string of the molecule is COC(=O)c1cc(Cc2c(C)nc3nonc3c2N)ccc1OC(F)(F)F. The fourth-order valence-electron chi connectivity index (χ4n) is 2.59. The van der Waals surface area contributed by atoms with Crippen LogP contribution in [0.25, 0.3) is 11.2 Å². The molecule has 0 aliphatic carbocycles. The first-order valence-electron chi connectivity index (χ1n) is 7.54. The number of anilines is 1. The summed E-state index contributed by atoms with van der Waals surface area (Å²) in [6, 6.07) is 3.68. The number of carbonyl (C=O) groups excluding carboxylic acids is 1. The molecule has 3 aromatic rings. The Morgan fingerprint density at radius 1 is 1.30 bits per heavy atom. The number of benzene rings is 1. The van der Waals surface area contributed by atoms with Gasteiger partial charge in [0.15, 0.2) is 5.52 Å². The number of aryl methyl sites for hydroxylation is 1. The molecule has 11 heteroatoms. The molecule has 3 rings (SSSR count). The van der Waals surface area contributed by atoms with E-state index in [1.54, 1.807) is 6.92 Å². The maximum absolute atomic E-state index is 12.5. The van der Waals surface area contributed by atoms with Gasteiger partial charge in [0.1, 0.15) is 11.3 Å². The number of fused-ring (bicyclic) bond motifs is 1. The lowest BCUT2D eigenvalue weighted by atomic mass is 9.99. The fourth-order valence-corrected chi connectivity index (χ4v) is 2.59. The minimum atomic E-state index is -4.94. The number of nitrogens with zero attached hydrogens (tertiary/aromatic N) is 3. The fraction of sp³-hybridized carbons (Fsp3) is 0.250. The number of carbonyl (C=O) groups is 1. The van der Waals surface area contributed by atoms with Gasteiger partial charge in [-0.15, -0.1) is 13.2 Å². The minimum absolute atomic E-state index is 0.184. The molecule has 0 unspecified atom stereocenters. The largest absolute Gasteiger partial charge is 0.573 e. The number of hydrogen-bond donors (Lipinski definition) is 1. The lowest BCUT2D eigenvalue weighted by Crippen LogP contribution is -2.19. The molecule has 142 valence electrons. The van der Waals surface area contributed by atoms with Gasteiger partial charge >= 0.3 is 12.3 Å². The molecular weight excluding hydrogens is 369 g/mol. The first-order valence-corrected chi connectivity index (χ1v) is 7.54. The Morgan fingerprint density at radius 2 is 2.04 bits per heavy atom. The Bertz CT molecular complexity index is 1020. The topological polar surface area (TPSA) is 113 Å². The maximum Gasteiger partial charge on any atom is 0.573 e. The summed E-state index contributed by atoms with van der Waals surface area (Å²) in [6.07, 6.45) is -4.76. The monoisotopic (exact) mass is 382 g/mol. The quantitative estimate of drug-likeness (QED) is 0.685. The molecular formula is C16H13F3N4O4. The van der Waals surface area contributed by atoms with Crippen molar-refractivity contribution in [2.45, 2.75) is 19.7 Å². The molecule has 0 spiro atoms. The van der Waals surface area contributed by atoms with Gasteiger partial charge in [-0.1, -0.05) is 6.07 Å². The molecule has 0 radical (unpaired) electrons. The molecule has 2 N–H and O–H groups in total. The number of esters is 1. The van der Waals surface area contributed by atoms with Gasteiger partial charge in [-0.25, -0.2) is 14.4 Å². The summed E-state index contributed by atoms with van der Waals surface area (Å²) in [5.41, 5.74) is 8.16. The summed E-state index contributed by atoms with van der Waals surface area (Å²) in [5, 5.41) is 7.30. The van der Waals surface area contributed by atoms with Gasteiger partial charge in [-0.3, -0.25) is 0 Å². The molecule has 0 saturated carbocycles. The van der Waals surface area contributed by atoms with E-state index >= 15 is 0 Å².